The molecule has 2 amide bonds. The van der Waals surface area contributed by atoms with Crippen molar-refractivity contribution in [2.75, 3.05) is 24.2 Å². The van der Waals surface area contributed by atoms with Gasteiger partial charge < -0.3 is 11.1 Å². The molecule has 0 spiro atoms. The number of amides is 2. The van der Waals surface area contributed by atoms with Crippen LogP contribution in [0.4, 0.5) is 29.3 Å². The molecule has 18 heavy (non-hydrogen) atoms. The Labute approximate surface area is 107 Å². The lowest BCUT2D eigenvalue weighted by molar-refractivity contribution is -0.122. The number of nitrogen functional groups attached to an aromatic ring is 1. The molecule has 0 aliphatic rings. The summed E-state index contributed by atoms with van der Waals surface area (Å²) in [6.45, 7) is -1.41. The zero-order valence-electron chi connectivity index (χ0n) is 9.38. The fraction of sp³-hybridized carbons (Fsp3) is 0.300. The number of nitrogens with zero attached hydrogens (tertiary/aromatic N) is 1. The molecule has 0 bridgehead atoms. The molecular formula is C10H11ClF3N3O. The number of rotatable bonds is 2. The van der Waals surface area contributed by atoms with Crippen molar-refractivity contribution in [3.05, 3.63) is 23.2 Å². The second-order valence-corrected chi connectivity index (χ2v) is 3.97. The molecule has 0 aromatic heterocycles. The van der Waals surface area contributed by atoms with Crippen LogP contribution in [-0.4, -0.2) is 25.8 Å². The highest BCUT2D eigenvalue weighted by Crippen LogP contribution is 2.26. The molecule has 0 aliphatic carbocycles. The summed E-state index contributed by atoms with van der Waals surface area (Å²) in [5.74, 6) is 0. The van der Waals surface area contributed by atoms with Crippen molar-refractivity contribution in [3.8, 4) is 0 Å². The maximum Gasteiger partial charge on any atom is 0.405 e. The van der Waals surface area contributed by atoms with Crippen molar-refractivity contribution >= 4 is 29.0 Å². The van der Waals surface area contributed by atoms with Gasteiger partial charge in [0.1, 0.15) is 6.54 Å². The molecule has 1 aromatic carbocycles. The Morgan fingerprint density at radius 3 is 2.67 bits per heavy atom. The number of hydrogen-bond acceptors (Lipinski definition) is 2. The van der Waals surface area contributed by atoms with Crippen molar-refractivity contribution in [1.82, 2.24) is 5.32 Å². The fourth-order valence-electron chi connectivity index (χ4n) is 1.21. The first-order valence-corrected chi connectivity index (χ1v) is 5.22. The largest absolute Gasteiger partial charge is 0.405 e. The molecule has 100 valence electrons. The van der Waals surface area contributed by atoms with E-state index in [2.05, 4.69) is 0 Å². The van der Waals surface area contributed by atoms with E-state index in [1.807, 2.05) is 0 Å². The standard InChI is InChI=1S/C10H11ClF3N3O/c1-17(9(18)16-5-10(12,13)14)8-4-6(11)2-3-7(8)15/h2-4H,5,15H2,1H3,(H,16,18). The van der Waals surface area contributed by atoms with Crippen LogP contribution in [0.1, 0.15) is 0 Å². The average molecular weight is 282 g/mol. The van der Waals surface area contributed by atoms with Gasteiger partial charge in [0.15, 0.2) is 0 Å². The Morgan fingerprint density at radius 1 is 1.50 bits per heavy atom. The minimum Gasteiger partial charge on any atom is -0.397 e. The smallest absolute Gasteiger partial charge is 0.397 e. The topological polar surface area (TPSA) is 58.4 Å². The van der Waals surface area contributed by atoms with E-state index in [-0.39, 0.29) is 11.4 Å². The van der Waals surface area contributed by atoms with Crippen LogP contribution in [0.5, 0.6) is 0 Å². The van der Waals surface area contributed by atoms with E-state index in [1.54, 1.807) is 5.32 Å². The van der Waals surface area contributed by atoms with Crippen LogP contribution in [0.25, 0.3) is 0 Å². The normalized spacial score (nSPS) is 11.2. The third kappa shape index (κ3) is 3.99. The van der Waals surface area contributed by atoms with E-state index in [4.69, 9.17) is 17.3 Å². The van der Waals surface area contributed by atoms with Gasteiger partial charge in [-0.1, -0.05) is 11.6 Å². The minimum absolute atomic E-state index is 0.238. The second kappa shape index (κ2) is 5.34. The summed E-state index contributed by atoms with van der Waals surface area (Å²) in [5, 5.41) is 2.06. The molecule has 3 N–H and O–H groups in total. The minimum atomic E-state index is -4.46. The predicted molar refractivity (Wildman–Crippen MR) is 63.7 cm³/mol. The number of nitrogens with one attached hydrogen (secondary N) is 1. The second-order valence-electron chi connectivity index (χ2n) is 3.54. The molecule has 0 unspecified atom stereocenters. The number of hydrogen-bond donors (Lipinski definition) is 2. The van der Waals surface area contributed by atoms with Crippen molar-refractivity contribution in [2.45, 2.75) is 6.18 Å². The number of benzene rings is 1. The van der Waals surface area contributed by atoms with E-state index in [9.17, 15) is 18.0 Å². The first kappa shape index (κ1) is 14.4. The van der Waals surface area contributed by atoms with Crippen molar-refractivity contribution in [2.24, 2.45) is 0 Å². The lowest BCUT2D eigenvalue weighted by Crippen LogP contribution is -2.42. The van der Waals surface area contributed by atoms with Gasteiger partial charge in [-0.25, -0.2) is 4.79 Å². The molecule has 0 fully saturated rings. The summed E-state index contributed by atoms with van der Waals surface area (Å²) >= 11 is 5.72. The van der Waals surface area contributed by atoms with E-state index < -0.39 is 18.8 Å². The lowest BCUT2D eigenvalue weighted by atomic mass is 10.2. The number of carbonyl (C=O) groups excluding carboxylic acids is 1. The molecule has 1 aromatic rings. The SMILES string of the molecule is CN(C(=O)NCC(F)(F)F)c1cc(Cl)ccc1N. The number of halogens is 4. The van der Waals surface area contributed by atoms with Crippen LogP contribution in [0.2, 0.25) is 5.02 Å². The summed E-state index contributed by atoms with van der Waals surface area (Å²) in [6, 6.07) is 3.46. The van der Waals surface area contributed by atoms with Crippen LogP contribution in [-0.2, 0) is 0 Å². The molecule has 8 heteroatoms. The molecule has 4 nitrogen and oxygen atoms in total. The van der Waals surface area contributed by atoms with E-state index >= 15 is 0 Å². The number of alkyl halides is 3. The van der Waals surface area contributed by atoms with Gasteiger partial charge in [-0.05, 0) is 18.2 Å². The van der Waals surface area contributed by atoms with Gasteiger partial charge >= 0.3 is 12.2 Å². The van der Waals surface area contributed by atoms with Crippen LogP contribution < -0.4 is 16.0 Å². The number of anilines is 2. The molecular weight excluding hydrogens is 271 g/mol. The van der Waals surface area contributed by atoms with Crippen LogP contribution in [0, 0.1) is 0 Å². The van der Waals surface area contributed by atoms with Crippen LogP contribution in [0.3, 0.4) is 0 Å². The first-order valence-electron chi connectivity index (χ1n) is 4.84. The molecule has 0 atom stereocenters. The van der Waals surface area contributed by atoms with Gasteiger partial charge in [0.2, 0.25) is 0 Å². The van der Waals surface area contributed by atoms with Gasteiger partial charge in [0.05, 0.1) is 11.4 Å². The number of nitrogens with two attached hydrogens (primary N) is 1. The van der Waals surface area contributed by atoms with E-state index in [1.165, 1.54) is 25.2 Å². The summed E-state index contributed by atoms with van der Waals surface area (Å²) in [7, 11) is 1.30. The molecule has 0 aliphatic heterocycles. The third-order valence-corrected chi connectivity index (χ3v) is 2.33. The Hall–Kier alpha value is -1.63. The lowest BCUT2D eigenvalue weighted by Gasteiger charge is -2.20. The monoisotopic (exact) mass is 281 g/mol. The van der Waals surface area contributed by atoms with Crippen molar-refractivity contribution in [1.29, 1.82) is 0 Å². The summed E-state index contributed by atoms with van der Waals surface area (Å²) < 4.78 is 35.8. The highest BCUT2D eigenvalue weighted by molar-refractivity contribution is 6.31. The van der Waals surface area contributed by atoms with E-state index in [0.29, 0.717) is 5.02 Å². The van der Waals surface area contributed by atoms with Gasteiger partial charge in [-0.15, -0.1) is 0 Å². The Bertz CT molecular complexity index is 450. The molecule has 0 saturated carbocycles. The summed E-state index contributed by atoms with van der Waals surface area (Å²) in [6.07, 6.45) is -4.46. The van der Waals surface area contributed by atoms with Gasteiger partial charge in [0.25, 0.3) is 0 Å². The molecule has 1 rings (SSSR count). The molecule has 0 radical (unpaired) electrons. The van der Waals surface area contributed by atoms with Crippen LogP contribution in [0.15, 0.2) is 18.2 Å². The zero-order chi connectivity index (χ0) is 13.9. The Kier molecular flexibility index (Phi) is 4.28. The van der Waals surface area contributed by atoms with Gasteiger partial charge in [-0.3, -0.25) is 4.90 Å². The first-order chi connectivity index (χ1) is 8.20. The summed E-state index contributed by atoms with van der Waals surface area (Å²) in [5.41, 5.74) is 6.09. The predicted octanol–water partition coefficient (Wildman–Crippen LogP) is 2.63. The number of carbonyl (C=O) groups is 1. The Balaban J connectivity index is 2.77. The average Bonchev–Trinajstić information content (AvgIpc) is 2.27. The van der Waals surface area contributed by atoms with Crippen LogP contribution >= 0.6 is 11.6 Å². The van der Waals surface area contributed by atoms with Gasteiger partial charge in [-0.2, -0.15) is 13.2 Å². The highest BCUT2D eigenvalue weighted by Gasteiger charge is 2.28. The fourth-order valence-corrected chi connectivity index (χ4v) is 1.38. The van der Waals surface area contributed by atoms with Crippen molar-refractivity contribution < 1.29 is 18.0 Å². The Morgan fingerprint density at radius 2 is 2.11 bits per heavy atom. The summed E-state index contributed by atoms with van der Waals surface area (Å²) in [4.78, 5) is 12.4. The maximum atomic E-state index is 11.9. The molecule has 0 saturated heterocycles. The third-order valence-electron chi connectivity index (χ3n) is 2.10. The quantitative estimate of drug-likeness (QED) is 0.819. The van der Waals surface area contributed by atoms with Crippen molar-refractivity contribution in [3.63, 3.8) is 0 Å². The number of urea groups is 1. The van der Waals surface area contributed by atoms with Gasteiger partial charge in [0, 0.05) is 12.1 Å². The van der Waals surface area contributed by atoms with E-state index in [0.717, 1.165) is 4.90 Å². The zero-order valence-corrected chi connectivity index (χ0v) is 10.1. The maximum absolute atomic E-state index is 11.9. The molecule has 0 heterocycles. The highest BCUT2D eigenvalue weighted by atomic mass is 35.5.